The van der Waals surface area contributed by atoms with Crippen molar-refractivity contribution in [2.24, 2.45) is 5.92 Å². The molecule has 1 aromatic carbocycles. The molecule has 1 aliphatic rings. The molecule has 1 N–H and O–H groups in total. The number of rotatable bonds is 6. The minimum absolute atomic E-state index is 0.0250. The molecule has 0 amide bonds. The van der Waals surface area contributed by atoms with Gasteiger partial charge < -0.3 is 10.1 Å². The van der Waals surface area contributed by atoms with E-state index in [4.69, 9.17) is 4.74 Å². The van der Waals surface area contributed by atoms with Crippen molar-refractivity contribution in [1.82, 2.24) is 5.32 Å². The molecule has 94 valence electrons. The Hall–Kier alpha value is -0.930. The average Bonchev–Trinajstić information content (AvgIpc) is 3.12. The van der Waals surface area contributed by atoms with Crippen molar-refractivity contribution in [3.05, 3.63) is 35.6 Å². The fraction of sp³-hybridized carbons (Fsp3) is 0.571. The van der Waals surface area contributed by atoms with Gasteiger partial charge in [0.15, 0.2) is 0 Å². The maximum atomic E-state index is 13.6. The average molecular weight is 237 g/mol. The van der Waals surface area contributed by atoms with Gasteiger partial charge in [0.1, 0.15) is 5.82 Å². The first-order chi connectivity index (χ1) is 8.22. The summed E-state index contributed by atoms with van der Waals surface area (Å²) in [5, 5.41) is 3.47. The van der Waals surface area contributed by atoms with Crippen LogP contribution in [0.25, 0.3) is 0 Å². The van der Waals surface area contributed by atoms with Crippen molar-refractivity contribution in [2.75, 3.05) is 13.7 Å². The SMILES string of the molecule is COCC(NC(C)c1ccccc1F)C1CC1. The van der Waals surface area contributed by atoms with Crippen LogP contribution in [0, 0.1) is 11.7 Å². The Morgan fingerprint density at radius 1 is 1.41 bits per heavy atom. The molecule has 1 saturated carbocycles. The lowest BCUT2D eigenvalue weighted by atomic mass is 10.1. The second kappa shape index (κ2) is 5.61. The first-order valence-electron chi connectivity index (χ1n) is 6.21. The predicted octanol–water partition coefficient (Wildman–Crippen LogP) is 2.90. The van der Waals surface area contributed by atoms with Gasteiger partial charge in [-0.2, -0.15) is 0 Å². The Bertz CT molecular complexity index is 365. The topological polar surface area (TPSA) is 21.3 Å². The van der Waals surface area contributed by atoms with Gasteiger partial charge in [-0.1, -0.05) is 18.2 Å². The highest BCUT2D eigenvalue weighted by atomic mass is 19.1. The predicted molar refractivity (Wildman–Crippen MR) is 66.3 cm³/mol. The van der Waals surface area contributed by atoms with Crippen LogP contribution in [0.1, 0.15) is 31.4 Å². The molecule has 0 aromatic heterocycles. The van der Waals surface area contributed by atoms with E-state index in [2.05, 4.69) is 5.32 Å². The summed E-state index contributed by atoms with van der Waals surface area (Å²) in [4.78, 5) is 0. The molecular formula is C14H20FNO. The van der Waals surface area contributed by atoms with Crippen molar-refractivity contribution >= 4 is 0 Å². The first-order valence-corrected chi connectivity index (χ1v) is 6.21. The van der Waals surface area contributed by atoms with Gasteiger partial charge in [0.2, 0.25) is 0 Å². The highest BCUT2D eigenvalue weighted by Crippen LogP contribution is 2.34. The number of nitrogens with one attached hydrogen (secondary N) is 1. The Morgan fingerprint density at radius 2 is 2.12 bits per heavy atom. The van der Waals surface area contributed by atoms with E-state index in [1.165, 1.54) is 18.9 Å². The lowest BCUT2D eigenvalue weighted by molar-refractivity contribution is 0.152. The highest BCUT2D eigenvalue weighted by Gasteiger charge is 2.32. The van der Waals surface area contributed by atoms with Crippen molar-refractivity contribution in [3.8, 4) is 0 Å². The summed E-state index contributed by atoms with van der Waals surface area (Å²) in [5.41, 5.74) is 0.731. The molecule has 3 heteroatoms. The van der Waals surface area contributed by atoms with Crippen molar-refractivity contribution in [1.29, 1.82) is 0 Å². The third kappa shape index (κ3) is 3.27. The third-order valence-corrected chi connectivity index (χ3v) is 3.37. The lowest BCUT2D eigenvalue weighted by Gasteiger charge is -2.23. The monoisotopic (exact) mass is 237 g/mol. The molecule has 0 radical (unpaired) electrons. The van der Waals surface area contributed by atoms with Crippen molar-refractivity contribution in [3.63, 3.8) is 0 Å². The number of hydrogen-bond donors (Lipinski definition) is 1. The highest BCUT2D eigenvalue weighted by molar-refractivity contribution is 5.20. The van der Waals surface area contributed by atoms with Crippen molar-refractivity contribution < 1.29 is 9.13 Å². The van der Waals surface area contributed by atoms with Gasteiger partial charge >= 0.3 is 0 Å². The minimum atomic E-state index is -0.139. The van der Waals surface area contributed by atoms with E-state index in [-0.39, 0.29) is 11.9 Å². The zero-order valence-electron chi connectivity index (χ0n) is 10.4. The van der Waals surface area contributed by atoms with Crippen molar-refractivity contribution in [2.45, 2.75) is 31.8 Å². The maximum Gasteiger partial charge on any atom is 0.127 e. The summed E-state index contributed by atoms with van der Waals surface area (Å²) >= 11 is 0. The largest absolute Gasteiger partial charge is 0.383 e. The van der Waals surface area contributed by atoms with Crippen LogP contribution in [0.4, 0.5) is 4.39 Å². The number of halogens is 1. The van der Waals surface area contributed by atoms with Crippen LogP contribution < -0.4 is 5.32 Å². The standard InChI is InChI=1S/C14H20FNO/c1-10(12-5-3-4-6-13(12)15)16-14(9-17-2)11-7-8-11/h3-6,10-11,14,16H,7-9H2,1-2H3. The van der Waals surface area contributed by atoms with Gasteiger partial charge in [-0.05, 0) is 31.7 Å². The fourth-order valence-electron chi connectivity index (χ4n) is 2.24. The number of ether oxygens (including phenoxy) is 1. The Balaban J connectivity index is 1.99. The maximum absolute atomic E-state index is 13.6. The summed E-state index contributed by atoms with van der Waals surface area (Å²) in [6.07, 6.45) is 2.51. The quantitative estimate of drug-likeness (QED) is 0.821. The summed E-state index contributed by atoms with van der Waals surface area (Å²) in [7, 11) is 1.71. The number of methoxy groups -OCH3 is 1. The zero-order valence-corrected chi connectivity index (χ0v) is 10.4. The smallest absolute Gasteiger partial charge is 0.127 e. The van der Waals surface area contributed by atoms with E-state index in [9.17, 15) is 4.39 Å². The fourth-order valence-corrected chi connectivity index (χ4v) is 2.24. The van der Waals surface area contributed by atoms with Crippen LogP contribution in [0.15, 0.2) is 24.3 Å². The molecule has 0 heterocycles. The van der Waals surface area contributed by atoms with E-state index in [0.29, 0.717) is 18.6 Å². The zero-order chi connectivity index (χ0) is 12.3. The summed E-state index contributed by atoms with van der Waals surface area (Å²) in [6.45, 7) is 2.70. The molecule has 0 bridgehead atoms. The van der Waals surface area contributed by atoms with Gasteiger partial charge in [-0.25, -0.2) is 4.39 Å². The van der Waals surface area contributed by atoms with Crippen LogP contribution in [-0.4, -0.2) is 19.8 Å². The van der Waals surface area contributed by atoms with Crippen LogP contribution in [0.2, 0.25) is 0 Å². The van der Waals surface area contributed by atoms with Crippen LogP contribution >= 0.6 is 0 Å². The van der Waals surface area contributed by atoms with Gasteiger partial charge in [-0.15, -0.1) is 0 Å². The van der Waals surface area contributed by atoms with E-state index >= 15 is 0 Å². The number of hydrogen-bond acceptors (Lipinski definition) is 2. The van der Waals surface area contributed by atoms with E-state index in [1.807, 2.05) is 19.1 Å². The first kappa shape index (κ1) is 12.5. The summed E-state index contributed by atoms with van der Waals surface area (Å²) in [6, 6.07) is 7.31. The summed E-state index contributed by atoms with van der Waals surface area (Å²) in [5.74, 6) is 0.559. The van der Waals surface area contributed by atoms with Crippen LogP contribution in [0.3, 0.4) is 0 Å². The molecule has 2 unspecified atom stereocenters. The van der Waals surface area contributed by atoms with Gasteiger partial charge in [-0.3, -0.25) is 0 Å². The second-order valence-electron chi connectivity index (χ2n) is 4.81. The third-order valence-electron chi connectivity index (χ3n) is 3.37. The van der Waals surface area contributed by atoms with Gasteiger partial charge in [0.05, 0.1) is 6.61 Å². The molecule has 1 aromatic rings. The Kier molecular flexibility index (Phi) is 4.13. The van der Waals surface area contributed by atoms with E-state index in [1.54, 1.807) is 13.2 Å². The molecule has 17 heavy (non-hydrogen) atoms. The van der Waals surface area contributed by atoms with Crippen LogP contribution in [-0.2, 0) is 4.74 Å². The second-order valence-corrected chi connectivity index (χ2v) is 4.81. The molecule has 2 atom stereocenters. The van der Waals surface area contributed by atoms with Gasteiger partial charge in [0, 0.05) is 24.8 Å². The Labute approximate surface area is 102 Å². The van der Waals surface area contributed by atoms with E-state index in [0.717, 1.165) is 5.56 Å². The molecule has 0 aliphatic heterocycles. The molecule has 2 nitrogen and oxygen atoms in total. The molecule has 1 fully saturated rings. The molecule has 2 rings (SSSR count). The number of benzene rings is 1. The molecule has 0 spiro atoms. The van der Waals surface area contributed by atoms with E-state index < -0.39 is 0 Å². The molecular weight excluding hydrogens is 217 g/mol. The summed E-state index contributed by atoms with van der Waals surface area (Å²) < 4.78 is 18.8. The normalized spacial score (nSPS) is 19.0. The lowest BCUT2D eigenvalue weighted by Crippen LogP contribution is -2.37. The Morgan fingerprint density at radius 3 is 2.71 bits per heavy atom. The van der Waals surface area contributed by atoms with Crippen LogP contribution in [0.5, 0.6) is 0 Å². The molecule has 1 aliphatic carbocycles. The van der Waals surface area contributed by atoms with Gasteiger partial charge in [0.25, 0.3) is 0 Å². The minimum Gasteiger partial charge on any atom is -0.383 e. The molecule has 0 saturated heterocycles.